The van der Waals surface area contributed by atoms with Crippen LogP contribution in [0.3, 0.4) is 0 Å². The van der Waals surface area contributed by atoms with Gasteiger partial charge in [0.05, 0.1) is 19.4 Å². The van der Waals surface area contributed by atoms with E-state index in [4.69, 9.17) is 9.57 Å². The molecule has 1 fully saturated rings. The number of halogens is 1. The van der Waals surface area contributed by atoms with Crippen molar-refractivity contribution in [3.63, 3.8) is 0 Å². The lowest BCUT2D eigenvalue weighted by Crippen LogP contribution is -2.25. The molecule has 0 aliphatic carbocycles. The highest BCUT2D eigenvalue weighted by Crippen LogP contribution is 2.17. The molecule has 9 heteroatoms. The maximum atomic E-state index is 13.0. The third-order valence-electron chi connectivity index (χ3n) is 3.23. The molecule has 2 heterocycles. The maximum Gasteiger partial charge on any atom is 0.280 e. The second-order valence-corrected chi connectivity index (χ2v) is 6.50. The highest BCUT2D eigenvalue weighted by molar-refractivity contribution is 7.80. The van der Waals surface area contributed by atoms with Crippen LogP contribution >= 0.6 is 24.0 Å². The maximum absolute atomic E-state index is 13.0. The number of ether oxygens (including phenoxy) is 1. The number of anilines is 1. The summed E-state index contributed by atoms with van der Waals surface area (Å²) in [5.74, 6) is -0.532. The number of aromatic nitrogens is 1. The first-order chi connectivity index (χ1) is 11.6. The third-order valence-corrected chi connectivity index (χ3v) is 4.23. The standard InChI is InChI=1S/C15H14FN3O3S2/c16-12-7-17-15(24-12)18-14(20)13(9-1-3-11(23)4-2-9)19-22-10-5-6-21-8-10/h1-4,7,10,23H,5-6,8H2,(H,17,18,20)/t10-/m1/s1. The lowest BCUT2D eigenvalue weighted by atomic mass is 10.1. The van der Waals surface area contributed by atoms with Crippen LogP contribution in [0.15, 0.2) is 40.5 Å². The number of thiol groups is 1. The van der Waals surface area contributed by atoms with E-state index >= 15 is 0 Å². The Morgan fingerprint density at radius 2 is 2.25 bits per heavy atom. The zero-order chi connectivity index (χ0) is 16.9. The van der Waals surface area contributed by atoms with Gasteiger partial charge in [-0.05, 0) is 12.1 Å². The molecule has 6 nitrogen and oxygen atoms in total. The lowest BCUT2D eigenvalue weighted by Gasteiger charge is -2.09. The van der Waals surface area contributed by atoms with Gasteiger partial charge in [0, 0.05) is 16.9 Å². The van der Waals surface area contributed by atoms with E-state index in [9.17, 15) is 9.18 Å². The van der Waals surface area contributed by atoms with Crippen molar-refractivity contribution < 1.29 is 18.8 Å². The molecule has 3 rings (SSSR count). The minimum atomic E-state index is -0.532. The molecule has 1 atom stereocenters. The Labute approximate surface area is 147 Å². The molecule has 1 N–H and O–H groups in total. The van der Waals surface area contributed by atoms with Gasteiger partial charge in [-0.1, -0.05) is 28.6 Å². The first kappa shape index (κ1) is 16.9. The summed E-state index contributed by atoms with van der Waals surface area (Å²) in [4.78, 5) is 22.4. The number of carbonyl (C=O) groups excluding carboxylic acids is 1. The van der Waals surface area contributed by atoms with Crippen molar-refractivity contribution in [1.82, 2.24) is 4.98 Å². The number of benzene rings is 1. The molecule has 2 aromatic rings. The average Bonchev–Trinajstić information content (AvgIpc) is 3.21. The third kappa shape index (κ3) is 4.31. The molecule has 1 aromatic heterocycles. The molecule has 1 aliphatic heterocycles. The van der Waals surface area contributed by atoms with Crippen molar-refractivity contribution in [2.45, 2.75) is 17.4 Å². The van der Waals surface area contributed by atoms with E-state index in [1.165, 1.54) is 0 Å². The van der Waals surface area contributed by atoms with Crippen LogP contribution in [0, 0.1) is 5.13 Å². The predicted octanol–water partition coefficient (Wildman–Crippen LogP) is 2.72. The van der Waals surface area contributed by atoms with Crippen molar-refractivity contribution in [2.75, 3.05) is 18.5 Å². The highest BCUT2D eigenvalue weighted by Gasteiger charge is 2.21. The van der Waals surface area contributed by atoms with Gasteiger partial charge in [-0.25, -0.2) is 4.98 Å². The van der Waals surface area contributed by atoms with Crippen molar-refractivity contribution in [2.24, 2.45) is 5.16 Å². The van der Waals surface area contributed by atoms with Crippen LogP contribution in [0.25, 0.3) is 0 Å². The Bertz CT molecular complexity index is 743. The molecule has 1 amide bonds. The smallest absolute Gasteiger partial charge is 0.280 e. The second kappa shape index (κ2) is 7.73. The highest BCUT2D eigenvalue weighted by atomic mass is 32.1. The average molecular weight is 367 g/mol. The van der Waals surface area contributed by atoms with Crippen LogP contribution < -0.4 is 5.32 Å². The first-order valence-corrected chi connectivity index (χ1v) is 8.42. The van der Waals surface area contributed by atoms with E-state index in [0.717, 1.165) is 22.4 Å². The van der Waals surface area contributed by atoms with Gasteiger partial charge in [-0.2, -0.15) is 4.39 Å². The monoisotopic (exact) mass is 367 g/mol. The van der Waals surface area contributed by atoms with Gasteiger partial charge in [-0.15, -0.1) is 12.6 Å². The SMILES string of the molecule is O=C(Nc1ncc(F)s1)C(=NO[C@@H]1CCOC1)c1ccc(S)cc1. The summed E-state index contributed by atoms with van der Waals surface area (Å²) in [6.07, 6.45) is 1.57. The first-order valence-electron chi connectivity index (χ1n) is 7.15. The minimum absolute atomic E-state index is 0.0749. The number of nitrogens with zero attached hydrogens (tertiary/aromatic N) is 2. The van der Waals surface area contributed by atoms with Crippen molar-refractivity contribution >= 4 is 40.7 Å². The number of oxime groups is 1. The van der Waals surface area contributed by atoms with Crippen LogP contribution in [0.2, 0.25) is 0 Å². The summed E-state index contributed by atoms with van der Waals surface area (Å²) in [6, 6.07) is 6.89. The summed E-state index contributed by atoms with van der Waals surface area (Å²) in [6.45, 7) is 1.04. The number of thiazole rings is 1. The number of rotatable bonds is 5. The fraction of sp³-hybridized carbons (Fsp3) is 0.267. The fourth-order valence-electron chi connectivity index (χ4n) is 2.04. The summed E-state index contributed by atoms with van der Waals surface area (Å²) < 4.78 is 18.2. The fourth-order valence-corrected chi connectivity index (χ4v) is 2.72. The van der Waals surface area contributed by atoms with E-state index in [1.807, 2.05) is 0 Å². The molecule has 24 heavy (non-hydrogen) atoms. The number of amides is 1. The van der Waals surface area contributed by atoms with Crippen molar-refractivity contribution in [3.8, 4) is 0 Å². The molecular weight excluding hydrogens is 353 g/mol. The molecular formula is C15H14FN3O3S2. The van der Waals surface area contributed by atoms with E-state index in [0.29, 0.717) is 25.2 Å². The van der Waals surface area contributed by atoms with Crippen molar-refractivity contribution in [3.05, 3.63) is 41.2 Å². The molecule has 0 saturated carbocycles. The van der Waals surface area contributed by atoms with Gasteiger partial charge in [0.2, 0.25) is 0 Å². The molecule has 1 saturated heterocycles. The van der Waals surface area contributed by atoms with Crippen LogP contribution in [-0.4, -0.2) is 35.9 Å². The molecule has 1 aliphatic rings. The molecule has 0 unspecified atom stereocenters. The second-order valence-electron chi connectivity index (χ2n) is 5.00. The summed E-state index contributed by atoms with van der Waals surface area (Å²) in [5, 5.41) is 6.18. The van der Waals surface area contributed by atoms with E-state index in [-0.39, 0.29) is 16.9 Å². The quantitative estimate of drug-likeness (QED) is 0.484. The van der Waals surface area contributed by atoms with Gasteiger partial charge < -0.3 is 9.57 Å². The zero-order valence-electron chi connectivity index (χ0n) is 12.4. The topological polar surface area (TPSA) is 72.8 Å². The van der Waals surface area contributed by atoms with Gasteiger partial charge in [0.1, 0.15) is 0 Å². The molecule has 0 radical (unpaired) electrons. The Kier molecular flexibility index (Phi) is 5.44. The number of hydrogen-bond donors (Lipinski definition) is 2. The van der Waals surface area contributed by atoms with Crippen LogP contribution in [0.4, 0.5) is 9.52 Å². The normalized spacial score (nSPS) is 17.8. The van der Waals surface area contributed by atoms with Crippen molar-refractivity contribution in [1.29, 1.82) is 0 Å². The largest absolute Gasteiger partial charge is 0.389 e. The molecule has 126 valence electrons. The lowest BCUT2D eigenvalue weighted by molar-refractivity contribution is -0.110. The van der Waals surface area contributed by atoms with E-state index in [1.54, 1.807) is 24.3 Å². The van der Waals surface area contributed by atoms with Gasteiger partial charge >= 0.3 is 0 Å². The molecule has 1 aromatic carbocycles. The Morgan fingerprint density at radius 3 is 2.88 bits per heavy atom. The predicted molar refractivity (Wildman–Crippen MR) is 91.2 cm³/mol. The van der Waals surface area contributed by atoms with Gasteiger partial charge in [-0.3, -0.25) is 10.1 Å². The number of carbonyl (C=O) groups is 1. The summed E-state index contributed by atoms with van der Waals surface area (Å²) in [7, 11) is 0. The summed E-state index contributed by atoms with van der Waals surface area (Å²) in [5.41, 5.74) is 0.632. The van der Waals surface area contributed by atoms with Crippen LogP contribution in [-0.2, 0) is 14.4 Å². The summed E-state index contributed by atoms with van der Waals surface area (Å²) >= 11 is 4.96. The van der Waals surface area contributed by atoms with Gasteiger partial charge in [0.15, 0.2) is 22.1 Å². The Balaban J connectivity index is 1.81. The number of nitrogens with one attached hydrogen (secondary N) is 1. The molecule has 0 spiro atoms. The number of hydrogen-bond acceptors (Lipinski definition) is 7. The van der Waals surface area contributed by atoms with Crippen LogP contribution in [0.1, 0.15) is 12.0 Å². The minimum Gasteiger partial charge on any atom is -0.389 e. The molecule has 0 bridgehead atoms. The van der Waals surface area contributed by atoms with E-state index in [2.05, 4.69) is 28.1 Å². The van der Waals surface area contributed by atoms with Crippen LogP contribution in [0.5, 0.6) is 0 Å². The Morgan fingerprint density at radius 1 is 1.46 bits per heavy atom. The van der Waals surface area contributed by atoms with Gasteiger partial charge in [0.25, 0.3) is 5.91 Å². The Hall–Kier alpha value is -1.97. The van der Waals surface area contributed by atoms with E-state index < -0.39 is 11.0 Å². The zero-order valence-corrected chi connectivity index (χ0v) is 14.1.